The fourth-order valence-electron chi connectivity index (χ4n) is 2.66. The van der Waals surface area contributed by atoms with Crippen molar-refractivity contribution in [3.05, 3.63) is 52.8 Å². The van der Waals surface area contributed by atoms with Gasteiger partial charge in [-0.25, -0.2) is 0 Å². The second-order valence-corrected chi connectivity index (χ2v) is 5.02. The van der Waals surface area contributed by atoms with E-state index in [1.54, 1.807) is 0 Å². The minimum atomic E-state index is 0.523. The molecule has 3 nitrogen and oxygen atoms in total. The Balaban J connectivity index is 1.89. The van der Waals surface area contributed by atoms with Crippen LogP contribution in [0.4, 0.5) is 0 Å². The van der Waals surface area contributed by atoms with Gasteiger partial charge in [-0.05, 0) is 32.4 Å². The number of rotatable bonds is 3. The lowest BCUT2D eigenvalue weighted by atomic mass is 9.96. The highest BCUT2D eigenvalue weighted by molar-refractivity contribution is 5.30. The Kier molecular flexibility index (Phi) is 2.92. The van der Waals surface area contributed by atoms with Crippen LogP contribution in [0.15, 0.2) is 30.3 Å². The Labute approximate surface area is 108 Å². The smallest absolute Gasteiger partial charge is 0.0662 e. The number of hydrogen-bond donors (Lipinski definition) is 1. The molecule has 0 amide bonds. The Hall–Kier alpha value is -1.61. The predicted octanol–water partition coefficient (Wildman–Crippen LogP) is 2.58. The monoisotopic (exact) mass is 241 g/mol. The molecule has 0 radical (unpaired) electrons. The minimum absolute atomic E-state index is 0.523. The van der Waals surface area contributed by atoms with Crippen molar-refractivity contribution in [2.75, 3.05) is 6.54 Å². The van der Waals surface area contributed by atoms with Gasteiger partial charge < -0.3 is 5.32 Å². The van der Waals surface area contributed by atoms with Gasteiger partial charge in [0.2, 0.25) is 0 Å². The van der Waals surface area contributed by atoms with Crippen LogP contribution in [0.2, 0.25) is 0 Å². The van der Waals surface area contributed by atoms with Gasteiger partial charge >= 0.3 is 0 Å². The van der Waals surface area contributed by atoms with Gasteiger partial charge in [0.1, 0.15) is 0 Å². The third-order valence-corrected chi connectivity index (χ3v) is 3.78. The molecular weight excluding hydrogens is 222 g/mol. The van der Waals surface area contributed by atoms with Crippen LogP contribution >= 0.6 is 0 Å². The molecule has 1 saturated heterocycles. The van der Waals surface area contributed by atoms with Crippen LogP contribution in [0.3, 0.4) is 0 Å². The average Bonchev–Trinajstić information content (AvgIpc) is 2.57. The van der Waals surface area contributed by atoms with E-state index in [2.05, 4.69) is 59.3 Å². The largest absolute Gasteiger partial charge is 0.310 e. The van der Waals surface area contributed by atoms with Gasteiger partial charge in [-0.1, -0.05) is 30.3 Å². The summed E-state index contributed by atoms with van der Waals surface area (Å²) < 4.78 is 2.12. The summed E-state index contributed by atoms with van der Waals surface area (Å²) in [6.07, 6.45) is 1.23. The van der Waals surface area contributed by atoms with Crippen molar-refractivity contribution in [1.82, 2.24) is 15.1 Å². The van der Waals surface area contributed by atoms with Gasteiger partial charge in [0.15, 0.2) is 0 Å². The maximum Gasteiger partial charge on any atom is 0.0662 e. The van der Waals surface area contributed by atoms with E-state index in [1.807, 2.05) is 0 Å². The molecule has 0 aliphatic carbocycles. The van der Waals surface area contributed by atoms with Crippen LogP contribution in [0.1, 0.15) is 35.0 Å². The first kappa shape index (κ1) is 11.5. The van der Waals surface area contributed by atoms with E-state index in [0.717, 1.165) is 13.1 Å². The highest BCUT2D eigenvalue weighted by atomic mass is 15.3. The van der Waals surface area contributed by atoms with Crippen molar-refractivity contribution in [2.24, 2.45) is 0 Å². The maximum absolute atomic E-state index is 4.69. The van der Waals surface area contributed by atoms with E-state index < -0.39 is 0 Å². The van der Waals surface area contributed by atoms with E-state index in [0.29, 0.717) is 6.04 Å². The van der Waals surface area contributed by atoms with Gasteiger partial charge in [0.25, 0.3) is 0 Å². The summed E-state index contributed by atoms with van der Waals surface area (Å²) in [5, 5.41) is 8.15. The van der Waals surface area contributed by atoms with E-state index in [1.165, 1.54) is 28.9 Å². The number of aromatic nitrogens is 2. The molecule has 1 unspecified atom stereocenters. The molecule has 2 heterocycles. The Morgan fingerprint density at radius 3 is 2.61 bits per heavy atom. The fourth-order valence-corrected chi connectivity index (χ4v) is 2.66. The van der Waals surface area contributed by atoms with Crippen LogP contribution in [0.25, 0.3) is 0 Å². The van der Waals surface area contributed by atoms with Crippen molar-refractivity contribution in [3.63, 3.8) is 0 Å². The molecule has 1 N–H and O–H groups in total. The zero-order chi connectivity index (χ0) is 12.5. The molecule has 1 aromatic heterocycles. The Bertz CT molecular complexity index is 538. The van der Waals surface area contributed by atoms with E-state index >= 15 is 0 Å². The summed E-state index contributed by atoms with van der Waals surface area (Å²) in [5.41, 5.74) is 5.17. The normalized spacial score (nSPS) is 18.7. The second kappa shape index (κ2) is 4.58. The van der Waals surface area contributed by atoms with Crippen LogP contribution < -0.4 is 5.32 Å². The number of benzene rings is 1. The van der Waals surface area contributed by atoms with Gasteiger partial charge in [-0.2, -0.15) is 5.10 Å². The third kappa shape index (κ3) is 1.95. The maximum atomic E-state index is 4.69. The highest BCUT2D eigenvalue weighted by Gasteiger charge is 2.25. The first-order chi connectivity index (χ1) is 8.75. The molecule has 0 spiro atoms. The number of nitrogens with zero attached hydrogens (tertiary/aromatic N) is 2. The first-order valence-corrected chi connectivity index (χ1v) is 6.57. The molecule has 3 heteroatoms. The highest BCUT2D eigenvalue weighted by Crippen LogP contribution is 2.28. The average molecular weight is 241 g/mol. The van der Waals surface area contributed by atoms with E-state index in [-0.39, 0.29) is 0 Å². The molecule has 2 aromatic rings. The fraction of sp³-hybridized carbons (Fsp3) is 0.400. The number of hydrogen-bond acceptors (Lipinski definition) is 2. The van der Waals surface area contributed by atoms with Gasteiger partial charge in [0, 0.05) is 17.3 Å². The van der Waals surface area contributed by atoms with E-state index in [4.69, 9.17) is 0 Å². The van der Waals surface area contributed by atoms with Crippen molar-refractivity contribution >= 4 is 0 Å². The standard InChI is InChI=1S/C15H19N3/c1-11-15(14-8-9-16-14)12(2)18(17-11)10-13-6-4-3-5-7-13/h3-7,14,16H,8-10H2,1-2H3. The molecule has 1 aliphatic heterocycles. The number of aryl methyl sites for hydroxylation is 1. The predicted molar refractivity (Wildman–Crippen MR) is 72.6 cm³/mol. The van der Waals surface area contributed by atoms with Gasteiger partial charge in [0.05, 0.1) is 12.2 Å². The van der Waals surface area contributed by atoms with E-state index in [9.17, 15) is 0 Å². The summed E-state index contributed by atoms with van der Waals surface area (Å²) in [5.74, 6) is 0. The summed E-state index contributed by atoms with van der Waals surface area (Å²) in [7, 11) is 0. The lowest BCUT2D eigenvalue weighted by Crippen LogP contribution is -2.35. The molecule has 1 fully saturated rings. The van der Waals surface area contributed by atoms with Crippen molar-refractivity contribution in [3.8, 4) is 0 Å². The lowest BCUT2D eigenvalue weighted by molar-refractivity contribution is 0.380. The molecule has 94 valence electrons. The molecule has 1 aromatic carbocycles. The zero-order valence-electron chi connectivity index (χ0n) is 11.0. The molecular formula is C15H19N3. The van der Waals surface area contributed by atoms with Gasteiger partial charge in [-0.3, -0.25) is 4.68 Å². The first-order valence-electron chi connectivity index (χ1n) is 6.57. The van der Waals surface area contributed by atoms with Crippen molar-refractivity contribution in [1.29, 1.82) is 0 Å². The van der Waals surface area contributed by atoms with Crippen molar-refractivity contribution < 1.29 is 0 Å². The molecule has 0 bridgehead atoms. The second-order valence-electron chi connectivity index (χ2n) is 5.02. The molecule has 1 aliphatic rings. The Morgan fingerprint density at radius 2 is 2.00 bits per heavy atom. The third-order valence-electron chi connectivity index (χ3n) is 3.78. The summed E-state index contributed by atoms with van der Waals surface area (Å²) in [6, 6.07) is 11.0. The topological polar surface area (TPSA) is 29.9 Å². The van der Waals surface area contributed by atoms with Gasteiger partial charge in [-0.15, -0.1) is 0 Å². The summed E-state index contributed by atoms with van der Waals surface area (Å²) in [6.45, 7) is 6.29. The van der Waals surface area contributed by atoms with Crippen LogP contribution in [-0.4, -0.2) is 16.3 Å². The zero-order valence-corrected chi connectivity index (χ0v) is 11.0. The van der Waals surface area contributed by atoms with Crippen LogP contribution in [0.5, 0.6) is 0 Å². The lowest BCUT2D eigenvalue weighted by Gasteiger charge is -2.28. The SMILES string of the molecule is Cc1nn(Cc2ccccc2)c(C)c1C1CCN1. The minimum Gasteiger partial charge on any atom is -0.310 e. The summed E-state index contributed by atoms with van der Waals surface area (Å²) in [4.78, 5) is 0. The van der Waals surface area contributed by atoms with Crippen LogP contribution in [0, 0.1) is 13.8 Å². The quantitative estimate of drug-likeness (QED) is 0.895. The number of nitrogens with one attached hydrogen (secondary N) is 1. The Morgan fingerprint density at radius 1 is 1.28 bits per heavy atom. The van der Waals surface area contributed by atoms with Crippen molar-refractivity contribution in [2.45, 2.75) is 32.9 Å². The molecule has 1 atom stereocenters. The summed E-state index contributed by atoms with van der Waals surface area (Å²) >= 11 is 0. The molecule has 18 heavy (non-hydrogen) atoms. The van der Waals surface area contributed by atoms with Crippen LogP contribution in [-0.2, 0) is 6.54 Å². The molecule has 0 saturated carbocycles. The molecule has 3 rings (SSSR count).